The molecule has 15 heavy (non-hydrogen) atoms. The first-order valence-corrected chi connectivity index (χ1v) is 5.66. The number of thiophene rings is 1. The molecule has 0 saturated carbocycles. The van der Waals surface area contributed by atoms with Crippen molar-refractivity contribution in [3.63, 3.8) is 0 Å². The molecule has 1 atom stereocenters. The first-order valence-electron chi connectivity index (χ1n) is 4.84. The Kier molecular flexibility index (Phi) is 3.04. The highest BCUT2D eigenvalue weighted by Crippen LogP contribution is 2.31. The van der Waals surface area contributed by atoms with Crippen molar-refractivity contribution < 1.29 is 14.6 Å². The number of carboxylic acid groups (broad SMARTS) is 1. The summed E-state index contributed by atoms with van der Waals surface area (Å²) in [6.07, 6.45) is 0.886. The minimum Gasteiger partial charge on any atom is -0.481 e. The molecule has 1 aromatic heterocycles. The molecule has 2 heterocycles. The van der Waals surface area contributed by atoms with Gasteiger partial charge in [-0.25, -0.2) is 0 Å². The maximum atomic E-state index is 10.9. The first kappa shape index (κ1) is 10.6. The van der Waals surface area contributed by atoms with Crippen LogP contribution in [0.4, 0.5) is 0 Å². The molecule has 0 bridgehead atoms. The van der Waals surface area contributed by atoms with E-state index in [1.807, 2.05) is 6.07 Å². The van der Waals surface area contributed by atoms with Crippen LogP contribution in [0.15, 0.2) is 6.07 Å². The Morgan fingerprint density at radius 3 is 3.13 bits per heavy atom. The van der Waals surface area contributed by atoms with E-state index in [0.29, 0.717) is 6.61 Å². The van der Waals surface area contributed by atoms with E-state index in [1.54, 1.807) is 11.3 Å². The summed E-state index contributed by atoms with van der Waals surface area (Å²) < 4.78 is 5.31. The van der Waals surface area contributed by atoms with Gasteiger partial charge in [0.25, 0.3) is 0 Å². The summed E-state index contributed by atoms with van der Waals surface area (Å²) >= 11 is 1.56. The van der Waals surface area contributed by atoms with Crippen molar-refractivity contribution in [2.45, 2.75) is 18.9 Å². The Morgan fingerprint density at radius 2 is 2.53 bits per heavy atom. The van der Waals surface area contributed by atoms with Crippen LogP contribution in [0.2, 0.25) is 0 Å². The molecule has 5 heteroatoms. The van der Waals surface area contributed by atoms with E-state index in [4.69, 9.17) is 15.6 Å². The maximum Gasteiger partial charge on any atom is 0.313 e. The second-order valence-corrected chi connectivity index (χ2v) is 4.69. The number of nitrogens with two attached hydrogens (primary N) is 1. The number of carboxylic acids is 1. The molecule has 0 fully saturated rings. The second kappa shape index (κ2) is 4.30. The highest BCUT2D eigenvalue weighted by atomic mass is 32.1. The van der Waals surface area contributed by atoms with Crippen molar-refractivity contribution in [1.29, 1.82) is 0 Å². The fraction of sp³-hybridized carbons (Fsp3) is 0.500. The van der Waals surface area contributed by atoms with E-state index in [-0.39, 0.29) is 6.54 Å². The second-order valence-electron chi connectivity index (χ2n) is 3.53. The van der Waals surface area contributed by atoms with Gasteiger partial charge in [0.15, 0.2) is 0 Å². The summed E-state index contributed by atoms with van der Waals surface area (Å²) in [6.45, 7) is 1.48. The van der Waals surface area contributed by atoms with Crippen LogP contribution in [-0.4, -0.2) is 24.2 Å². The Labute approximate surface area is 91.7 Å². The molecule has 4 nitrogen and oxygen atoms in total. The third kappa shape index (κ3) is 2.04. The molecule has 2 rings (SSSR count). The minimum atomic E-state index is -0.850. The molecule has 0 radical (unpaired) electrons. The summed E-state index contributed by atoms with van der Waals surface area (Å²) in [5, 5.41) is 8.98. The maximum absolute atomic E-state index is 10.9. The van der Waals surface area contributed by atoms with Crippen molar-refractivity contribution in [2.75, 3.05) is 13.2 Å². The first-order chi connectivity index (χ1) is 7.22. The summed E-state index contributed by atoms with van der Waals surface area (Å²) in [7, 11) is 0. The van der Waals surface area contributed by atoms with Gasteiger partial charge >= 0.3 is 5.97 Å². The van der Waals surface area contributed by atoms with Crippen LogP contribution in [0.3, 0.4) is 0 Å². The molecule has 1 aliphatic rings. The quantitative estimate of drug-likeness (QED) is 0.806. The SMILES string of the molecule is NCC(C(=O)O)c1cc2c(s1)CCOC2. The third-order valence-corrected chi connectivity index (χ3v) is 3.87. The molecule has 0 aliphatic carbocycles. The fourth-order valence-electron chi connectivity index (χ4n) is 1.68. The topological polar surface area (TPSA) is 72.6 Å². The fourth-order valence-corrected chi connectivity index (χ4v) is 2.94. The standard InChI is InChI=1S/C10H13NO3S/c11-4-7(10(12)13)9-3-6-5-14-2-1-8(6)15-9/h3,7H,1-2,4-5,11H2,(H,12,13). The van der Waals surface area contributed by atoms with Gasteiger partial charge in [-0.1, -0.05) is 0 Å². The molecule has 0 aromatic carbocycles. The lowest BCUT2D eigenvalue weighted by molar-refractivity contribution is -0.138. The van der Waals surface area contributed by atoms with Gasteiger partial charge in [0.05, 0.1) is 13.2 Å². The van der Waals surface area contributed by atoms with Gasteiger partial charge in [-0.15, -0.1) is 11.3 Å². The van der Waals surface area contributed by atoms with Crippen molar-refractivity contribution in [3.8, 4) is 0 Å². The molecule has 1 unspecified atom stereocenters. The third-order valence-electron chi connectivity index (χ3n) is 2.52. The number of fused-ring (bicyclic) bond motifs is 1. The van der Waals surface area contributed by atoms with Gasteiger partial charge < -0.3 is 15.6 Å². The number of hydrogen-bond acceptors (Lipinski definition) is 4. The van der Waals surface area contributed by atoms with Crippen molar-refractivity contribution in [2.24, 2.45) is 5.73 Å². The van der Waals surface area contributed by atoms with Gasteiger partial charge in [0.2, 0.25) is 0 Å². The van der Waals surface area contributed by atoms with Crippen LogP contribution in [0.25, 0.3) is 0 Å². The number of hydrogen-bond donors (Lipinski definition) is 2. The van der Waals surface area contributed by atoms with E-state index in [2.05, 4.69) is 0 Å². The monoisotopic (exact) mass is 227 g/mol. The average Bonchev–Trinajstić information content (AvgIpc) is 2.61. The van der Waals surface area contributed by atoms with Crippen LogP contribution in [0.1, 0.15) is 21.2 Å². The van der Waals surface area contributed by atoms with Gasteiger partial charge in [-0.05, 0) is 11.6 Å². The molecule has 3 N–H and O–H groups in total. The number of rotatable bonds is 3. The smallest absolute Gasteiger partial charge is 0.313 e. The Bertz CT molecular complexity index is 351. The lowest BCUT2D eigenvalue weighted by atomic mass is 10.1. The van der Waals surface area contributed by atoms with Gasteiger partial charge in [-0.3, -0.25) is 4.79 Å². The van der Waals surface area contributed by atoms with E-state index in [1.165, 1.54) is 4.88 Å². The largest absolute Gasteiger partial charge is 0.481 e. The van der Waals surface area contributed by atoms with Gasteiger partial charge in [0, 0.05) is 22.7 Å². The van der Waals surface area contributed by atoms with Crippen LogP contribution in [0.5, 0.6) is 0 Å². The lowest BCUT2D eigenvalue weighted by Gasteiger charge is -2.10. The number of carbonyl (C=O) groups is 1. The van der Waals surface area contributed by atoms with Crippen LogP contribution < -0.4 is 5.73 Å². The minimum absolute atomic E-state index is 0.148. The van der Waals surface area contributed by atoms with E-state index >= 15 is 0 Å². The van der Waals surface area contributed by atoms with Crippen LogP contribution >= 0.6 is 11.3 Å². The predicted octanol–water partition coefficient (Wildman–Crippen LogP) is 0.948. The molecule has 0 amide bonds. The summed E-state index contributed by atoms with van der Waals surface area (Å²) in [5.41, 5.74) is 6.58. The molecule has 1 aliphatic heterocycles. The number of ether oxygens (including phenoxy) is 1. The van der Waals surface area contributed by atoms with Crippen molar-refractivity contribution >= 4 is 17.3 Å². The molecule has 0 saturated heterocycles. The zero-order valence-electron chi connectivity index (χ0n) is 8.23. The molecule has 82 valence electrons. The predicted molar refractivity (Wildman–Crippen MR) is 57.1 cm³/mol. The van der Waals surface area contributed by atoms with Crippen molar-refractivity contribution in [1.82, 2.24) is 0 Å². The van der Waals surface area contributed by atoms with Crippen LogP contribution in [-0.2, 0) is 22.6 Å². The van der Waals surface area contributed by atoms with Gasteiger partial charge in [-0.2, -0.15) is 0 Å². The van der Waals surface area contributed by atoms with E-state index < -0.39 is 11.9 Å². The van der Waals surface area contributed by atoms with Crippen molar-refractivity contribution in [3.05, 3.63) is 21.4 Å². The normalized spacial score (nSPS) is 17.1. The highest BCUT2D eigenvalue weighted by Gasteiger charge is 2.23. The Morgan fingerprint density at radius 1 is 1.73 bits per heavy atom. The molecular weight excluding hydrogens is 214 g/mol. The zero-order valence-corrected chi connectivity index (χ0v) is 9.05. The number of aliphatic carboxylic acids is 1. The zero-order chi connectivity index (χ0) is 10.8. The van der Waals surface area contributed by atoms with E-state index in [0.717, 1.165) is 23.5 Å². The molecule has 1 aromatic rings. The highest BCUT2D eigenvalue weighted by molar-refractivity contribution is 7.12. The summed E-state index contributed by atoms with van der Waals surface area (Å²) in [6, 6.07) is 1.92. The average molecular weight is 227 g/mol. The Balaban J connectivity index is 2.28. The van der Waals surface area contributed by atoms with E-state index in [9.17, 15) is 4.79 Å². The van der Waals surface area contributed by atoms with Gasteiger partial charge in [0.1, 0.15) is 5.92 Å². The summed E-state index contributed by atoms with van der Waals surface area (Å²) in [4.78, 5) is 13.0. The Hall–Kier alpha value is -0.910. The molecular formula is C10H13NO3S. The summed E-state index contributed by atoms with van der Waals surface area (Å²) in [5.74, 6) is -1.42. The van der Waals surface area contributed by atoms with Crippen LogP contribution in [0, 0.1) is 0 Å². The molecule has 0 spiro atoms. The lowest BCUT2D eigenvalue weighted by Crippen LogP contribution is -2.20.